The van der Waals surface area contributed by atoms with Crippen LogP contribution in [-0.4, -0.2) is 39.1 Å². The number of hydrogen-bond acceptors (Lipinski definition) is 3. The third-order valence-corrected chi connectivity index (χ3v) is 4.37. The summed E-state index contributed by atoms with van der Waals surface area (Å²) in [7, 11) is 0. The summed E-state index contributed by atoms with van der Waals surface area (Å²) in [5.41, 5.74) is 1.25. The van der Waals surface area contributed by atoms with Gasteiger partial charge in [-0.2, -0.15) is 5.10 Å². The molecule has 2 heterocycles. The predicted octanol–water partition coefficient (Wildman–Crippen LogP) is 3.17. The van der Waals surface area contributed by atoms with Gasteiger partial charge in [0.15, 0.2) is 5.78 Å². The van der Waals surface area contributed by atoms with Crippen LogP contribution in [0.3, 0.4) is 0 Å². The summed E-state index contributed by atoms with van der Waals surface area (Å²) in [6.45, 7) is 2.96. The monoisotopic (exact) mass is 326 g/mol. The second-order valence-electron chi connectivity index (χ2n) is 6.14. The molecular weight excluding hydrogens is 304 g/mol. The SMILES string of the molecule is CC(=O)c1cccc(NC(=O)N2CCCCC2Cn2cccn2)c1. The van der Waals surface area contributed by atoms with Crippen LogP contribution in [0, 0.1) is 0 Å². The van der Waals surface area contributed by atoms with Crippen molar-refractivity contribution in [2.75, 3.05) is 11.9 Å². The first-order valence-electron chi connectivity index (χ1n) is 8.29. The zero-order chi connectivity index (χ0) is 16.9. The van der Waals surface area contributed by atoms with Crippen LogP contribution in [0.25, 0.3) is 0 Å². The number of urea groups is 1. The lowest BCUT2D eigenvalue weighted by Gasteiger charge is -2.35. The molecule has 126 valence electrons. The van der Waals surface area contributed by atoms with Gasteiger partial charge in [-0.3, -0.25) is 9.48 Å². The minimum Gasteiger partial charge on any atom is -0.320 e. The second-order valence-corrected chi connectivity index (χ2v) is 6.14. The van der Waals surface area contributed by atoms with Crippen molar-refractivity contribution in [2.45, 2.75) is 38.8 Å². The fraction of sp³-hybridized carbons (Fsp3) is 0.389. The summed E-state index contributed by atoms with van der Waals surface area (Å²) in [6, 6.07) is 8.95. The van der Waals surface area contributed by atoms with Crippen molar-refractivity contribution in [1.82, 2.24) is 14.7 Å². The van der Waals surface area contributed by atoms with Crippen LogP contribution in [0.2, 0.25) is 0 Å². The quantitative estimate of drug-likeness (QED) is 0.878. The van der Waals surface area contributed by atoms with Gasteiger partial charge in [0.2, 0.25) is 0 Å². The Labute approximate surface area is 141 Å². The highest BCUT2D eigenvalue weighted by Gasteiger charge is 2.27. The molecule has 0 aliphatic carbocycles. The molecule has 1 unspecified atom stereocenters. The Kier molecular flexibility index (Phi) is 4.93. The molecule has 1 saturated heterocycles. The number of rotatable bonds is 4. The highest BCUT2D eigenvalue weighted by Crippen LogP contribution is 2.20. The van der Waals surface area contributed by atoms with Gasteiger partial charge in [0.25, 0.3) is 0 Å². The molecule has 0 bridgehead atoms. The third-order valence-electron chi connectivity index (χ3n) is 4.37. The lowest BCUT2D eigenvalue weighted by atomic mass is 10.0. The second kappa shape index (κ2) is 7.29. The van der Waals surface area contributed by atoms with Gasteiger partial charge in [0.1, 0.15) is 0 Å². The summed E-state index contributed by atoms with van der Waals surface area (Å²) < 4.78 is 1.87. The molecule has 1 atom stereocenters. The van der Waals surface area contributed by atoms with Crippen molar-refractivity contribution in [3.8, 4) is 0 Å². The number of hydrogen-bond donors (Lipinski definition) is 1. The molecule has 1 fully saturated rings. The number of likely N-dealkylation sites (tertiary alicyclic amines) is 1. The van der Waals surface area contributed by atoms with E-state index in [2.05, 4.69) is 10.4 Å². The van der Waals surface area contributed by atoms with E-state index in [4.69, 9.17) is 0 Å². The molecule has 0 radical (unpaired) electrons. The number of benzene rings is 1. The normalized spacial score (nSPS) is 17.5. The van der Waals surface area contributed by atoms with Crippen LogP contribution in [0.5, 0.6) is 0 Å². The zero-order valence-corrected chi connectivity index (χ0v) is 13.8. The molecule has 2 aromatic rings. The molecule has 3 rings (SSSR count). The van der Waals surface area contributed by atoms with Gasteiger partial charge >= 0.3 is 6.03 Å². The molecule has 2 amide bonds. The highest BCUT2D eigenvalue weighted by atomic mass is 16.2. The first-order valence-corrected chi connectivity index (χ1v) is 8.29. The number of nitrogens with one attached hydrogen (secondary N) is 1. The largest absolute Gasteiger partial charge is 0.322 e. The number of nitrogens with zero attached hydrogens (tertiary/aromatic N) is 3. The Hall–Kier alpha value is -2.63. The van der Waals surface area contributed by atoms with E-state index >= 15 is 0 Å². The van der Waals surface area contributed by atoms with E-state index in [1.807, 2.05) is 21.8 Å². The number of carbonyl (C=O) groups is 2. The Morgan fingerprint density at radius 1 is 1.29 bits per heavy atom. The van der Waals surface area contributed by atoms with Crippen LogP contribution in [0.1, 0.15) is 36.5 Å². The maximum atomic E-state index is 12.7. The van der Waals surface area contributed by atoms with Crippen molar-refractivity contribution < 1.29 is 9.59 Å². The molecule has 6 heteroatoms. The molecule has 0 spiro atoms. The van der Waals surface area contributed by atoms with E-state index in [0.717, 1.165) is 25.8 Å². The molecule has 1 aromatic carbocycles. The average molecular weight is 326 g/mol. The van der Waals surface area contributed by atoms with Crippen molar-refractivity contribution in [2.24, 2.45) is 0 Å². The van der Waals surface area contributed by atoms with Crippen LogP contribution in [0.4, 0.5) is 10.5 Å². The van der Waals surface area contributed by atoms with Crippen LogP contribution in [0.15, 0.2) is 42.7 Å². The fourth-order valence-electron chi connectivity index (χ4n) is 3.09. The van der Waals surface area contributed by atoms with E-state index in [1.54, 1.807) is 30.5 Å². The number of Topliss-reactive ketones (excluding diaryl/α,β-unsaturated/α-hetero) is 1. The van der Waals surface area contributed by atoms with Gasteiger partial charge in [-0.1, -0.05) is 12.1 Å². The molecule has 6 nitrogen and oxygen atoms in total. The van der Waals surface area contributed by atoms with Gasteiger partial charge in [-0.05, 0) is 44.4 Å². The fourth-order valence-corrected chi connectivity index (χ4v) is 3.09. The summed E-state index contributed by atoms with van der Waals surface area (Å²) >= 11 is 0. The molecule has 24 heavy (non-hydrogen) atoms. The van der Waals surface area contributed by atoms with Crippen LogP contribution < -0.4 is 5.32 Å². The Balaban J connectivity index is 1.69. The third kappa shape index (κ3) is 3.82. The standard InChI is InChI=1S/C18H22N4O2/c1-14(23)15-6-4-7-16(12-15)20-18(24)22-11-3-2-8-17(22)13-21-10-5-9-19-21/h4-7,9-10,12,17H,2-3,8,11,13H2,1H3,(H,20,24). The number of piperidine rings is 1. The summed E-state index contributed by atoms with van der Waals surface area (Å²) in [4.78, 5) is 26.1. The van der Waals surface area contributed by atoms with Crippen molar-refractivity contribution in [1.29, 1.82) is 0 Å². The predicted molar refractivity (Wildman–Crippen MR) is 92.0 cm³/mol. The van der Waals surface area contributed by atoms with Crippen LogP contribution in [-0.2, 0) is 6.54 Å². The van der Waals surface area contributed by atoms with Gasteiger partial charge in [-0.15, -0.1) is 0 Å². The van der Waals surface area contributed by atoms with Gasteiger partial charge in [-0.25, -0.2) is 4.79 Å². The number of aromatic nitrogens is 2. The average Bonchev–Trinajstić information content (AvgIpc) is 3.08. The Morgan fingerprint density at radius 3 is 2.92 bits per heavy atom. The van der Waals surface area contributed by atoms with Gasteiger partial charge < -0.3 is 10.2 Å². The first-order chi connectivity index (χ1) is 11.6. The van der Waals surface area contributed by atoms with Crippen molar-refractivity contribution in [3.63, 3.8) is 0 Å². The Bertz CT molecular complexity index is 712. The van der Waals surface area contributed by atoms with E-state index in [1.165, 1.54) is 6.92 Å². The number of anilines is 1. The lowest BCUT2D eigenvalue weighted by molar-refractivity contribution is 0.101. The highest BCUT2D eigenvalue weighted by molar-refractivity contribution is 5.96. The maximum Gasteiger partial charge on any atom is 0.322 e. The van der Waals surface area contributed by atoms with E-state index < -0.39 is 0 Å². The smallest absolute Gasteiger partial charge is 0.320 e. The summed E-state index contributed by atoms with van der Waals surface area (Å²) in [5.74, 6) is -0.0133. The van der Waals surface area contributed by atoms with Crippen molar-refractivity contribution >= 4 is 17.5 Å². The molecular formula is C18H22N4O2. The minimum atomic E-state index is -0.118. The topological polar surface area (TPSA) is 67.2 Å². The number of amides is 2. The summed E-state index contributed by atoms with van der Waals surface area (Å²) in [6.07, 6.45) is 6.77. The van der Waals surface area contributed by atoms with E-state index in [0.29, 0.717) is 17.8 Å². The van der Waals surface area contributed by atoms with Gasteiger partial charge in [0, 0.05) is 30.2 Å². The van der Waals surface area contributed by atoms with Crippen LogP contribution >= 0.6 is 0 Å². The van der Waals surface area contributed by atoms with Crippen molar-refractivity contribution in [3.05, 3.63) is 48.3 Å². The molecule has 1 aromatic heterocycles. The number of ketones is 1. The Morgan fingerprint density at radius 2 is 2.17 bits per heavy atom. The number of carbonyl (C=O) groups excluding carboxylic acids is 2. The lowest BCUT2D eigenvalue weighted by Crippen LogP contribution is -2.47. The zero-order valence-electron chi connectivity index (χ0n) is 13.8. The maximum absolute atomic E-state index is 12.7. The molecule has 1 aliphatic heterocycles. The first kappa shape index (κ1) is 16.2. The molecule has 1 aliphatic rings. The molecule has 0 saturated carbocycles. The molecule has 1 N–H and O–H groups in total. The van der Waals surface area contributed by atoms with E-state index in [9.17, 15) is 9.59 Å². The minimum absolute atomic E-state index is 0.0133. The summed E-state index contributed by atoms with van der Waals surface area (Å²) in [5, 5.41) is 7.16. The van der Waals surface area contributed by atoms with Gasteiger partial charge in [0.05, 0.1) is 12.6 Å². The van der Waals surface area contributed by atoms with E-state index in [-0.39, 0.29) is 17.9 Å².